The molecule has 8 heteroatoms. The Labute approximate surface area is 181 Å². The molecular weight excluding hydrogens is 470 g/mol. The van der Waals surface area contributed by atoms with Gasteiger partial charge in [0, 0.05) is 18.7 Å². The van der Waals surface area contributed by atoms with Gasteiger partial charge < -0.3 is 10.6 Å². The Morgan fingerprint density at radius 2 is 1.93 bits per heavy atom. The molecule has 3 rings (SSSR count). The quantitative estimate of drug-likeness (QED) is 0.267. The molecule has 1 heterocycles. The molecule has 0 amide bonds. The van der Waals surface area contributed by atoms with Gasteiger partial charge in [0.15, 0.2) is 11.8 Å². The minimum absolute atomic E-state index is 0. The molecule has 3 N–H and O–H groups in total. The average molecular weight is 494 g/mol. The Hall–Kier alpha value is -2.49. The van der Waals surface area contributed by atoms with E-state index in [4.69, 9.17) is 0 Å². The maximum atomic E-state index is 13.2. The van der Waals surface area contributed by atoms with Crippen molar-refractivity contribution in [3.05, 3.63) is 71.8 Å². The number of hydrogen-bond donors (Lipinski definition) is 3. The highest BCUT2D eigenvalue weighted by Gasteiger charge is 2.03. The Kier molecular flexibility index (Phi) is 8.86. The lowest BCUT2D eigenvalue weighted by atomic mass is 10.1. The molecule has 0 atom stereocenters. The molecule has 0 saturated heterocycles. The second kappa shape index (κ2) is 11.4. The van der Waals surface area contributed by atoms with Crippen LogP contribution in [0.1, 0.15) is 18.1 Å². The fourth-order valence-electron chi connectivity index (χ4n) is 2.69. The molecule has 1 aromatic heterocycles. The standard InChI is InChI=1S/C20H23FN6.HI/c1-2-22-20(23-10-9-15-5-4-8-18(21)12-15)24-13-16-6-3-7-17(11-16)19-25-14-26-27-19;/h3-8,11-12,14H,2,9-10,13H2,1H3,(H2,22,23,24)(H,25,26,27);1H. The monoisotopic (exact) mass is 494 g/mol. The minimum atomic E-state index is -0.209. The van der Waals surface area contributed by atoms with Gasteiger partial charge in [0.05, 0.1) is 6.54 Å². The van der Waals surface area contributed by atoms with Crippen LogP contribution in [-0.2, 0) is 13.0 Å². The lowest BCUT2D eigenvalue weighted by molar-refractivity contribution is 0.625. The molecular formula is C20H24FIN6. The zero-order valence-electron chi connectivity index (χ0n) is 15.7. The lowest BCUT2D eigenvalue weighted by Crippen LogP contribution is -2.38. The predicted molar refractivity (Wildman–Crippen MR) is 120 cm³/mol. The van der Waals surface area contributed by atoms with Crippen LogP contribution in [-0.4, -0.2) is 34.2 Å². The van der Waals surface area contributed by atoms with Crippen LogP contribution in [0.25, 0.3) is 11.4 Å². The first kappa shape index (κ1) is 21.8. The summed E-state index contributed by atoms with van der Waals surface area (Å²) in [4.78, 5) is 8.80. The fraction of sp³-hybridized carbons (Fsp3) is 0.250. The Bertz CT molecular complexity index is 882. The number of aliphatic imine (C=N–C) groups is 1. The Morgan fingerprint density at radius 3 is 2.68 bits per heavy atom. The first-order chi connectivity index (χ1) is 13.2. The highest BCUT2D eigenvalue weighted by molar-refractivity contribution is 14.0. The van der Waals surface area contributed by atoms with Gasteiger partial charge in [0.1, 0.15) is 12.1 Å². The molecule has 6 nitrogen and oxygen atoms in total. The van der Waals surface area contributed by atoms with E-state index < -0.39 is 0 Å². The van der Waals surface area contributed by atoms with E-state index in [2.05, 4.69) is 30.8 Å². The van der Waals surface area contributed by atoms with E-state index in [1.165, 1.54) is 12.4 Å². The van der Waals surface area contributed by atoms with E-state index in [9.17, 15) is 4.39 Å². The topological polar surface area (TPSA) is 78.0 Å². The van der Waals surface area contributed by atoms with Gasteiger partial charge in [0.2, 0.25) is 0 Å². The fourth-order valence-corrected chi connectivity index (χ4v) is 2.69. The van der Waals surface area contributed by atoms with Crippen molar-refractivity contribution in [3.8, 4) is 11.4 Å². The highest BCUT2D eigenvalue weighted by atomic mass is 127. The number of H-pyrrole nitrogens is 1. The zero-order valence-corrected chi connectivity index (χ0v) is 18.0. The van der Waals surface area contributed by atoms with Gasteiger partial charge in [-0.3, -0.25) is 5.10 Å². The number of aromatic nitrogens is 3. The number of rotatable bonds is 7. The first-order valence-electron chi connectivity index (χ1n) is 8.96. The van der Waals surface area contributed by atoms with Crippen molar-refractivity contribution >= 4 is 29.9 Å². The number of aromatic amines is 1. The first-order valence-corrected chi connectivity index (χ1v) is 8.96. The van der Waals surface area contributed by atoms with Crippen molar-refractivity contribution in [1.82, 2.24) is 25.8 Å². The van der Waals surface area contributed by atoms with Crippen molar-refractivity contribution in [3.63, 3.8) is 0 Å². The number of benzene rings is 2. The Morgan fingerprint density at radius 1 is 1.11 bits per heavy atom. The highest BCUT2D eigenvalue weighted by Crippen LogP contribution is 2.15. The second-order valence-corrected chi connectivity index (χ2v) is 6.04. The number of halogens is 2. The molecule has 0 aliphatic heterocycles. The van der Waals surface area contributed by atoms with Crippen LogP contribution in [0.15, 0.2) is 59.9 Å². The van der Waals surface area contributed by atoms with Crippen LogP contribution >= 0.6 is 24.0 Å². The van der Waals surface area contributed by atoms with Crippen LogP contribution < -0.4 is 10.6 Å². The van der Waals surface area contributed by atoms with Crippen molar-refractivity contribution in [2.45, 2.75) is 19.9 Å². The maximum Gasteiger partial charge on any atom is 0.191 e. The van der Waals surface area contributed by atoms with Crippen LogP contribution in [0.3, 0.4) is 0 Å². The average Bonchev–Trinajstić information content (AvgIpc) is 3.21. The summed E-state index contributed by atoms with van der Waals surface area (Å²) in [5, 5.41) is 13.3. The molecule has 148 valence electrons. The lowest BCUT2D eigenvalue weighted by Gasteiger charge is -2.11. The zero-order chi connectivity index (χ0) is 18.9. The summed E-state index contributed by atoms with van der Waals surface area (Å²) in [6, 6.07) is 14.7. The van der Waals surface area contributed by atoms with Gasteiger partial charge >= 0.3 is 0 Å². The van der Waals surface area contributed by atoms with E-state index in [-0.39, 0.29) is 29.8 Å². The molecule has 0 fully saturated rings. The Balaban J connectivity index is 0.00000280. The van der Waals surface area contributed by atoms with Crippen molar-refractivity contribution in [1.29, 1.82) is 0 Å². The van der Waals surface area contributed by atoms with Gasteiger partial charge in [0.25, 0.3) is 0 Å². The number of guanidine groups is 1. The van der Waals surface area contributed by atoms with Crippen LogP contribution in [0.5, 0.6) is 0 Å². The SMILES string of the molecule is CCNC(=NCc1cccc(-c2ncn[nH]2)c1)NCCc1cccc(F)c1.I. The van der Waals surface area contributed by atoms with Gasteiger partial charge in [-0.1, -0.05) is 30.3 Å². The van der Waals surface area contributed by atoms with Gasteiger partial charge in [-0.25, -0.2) is 14.4 Å². The molecule has 0 unspecified atom stereocenters. The summed E-state index contributed by atoms with van der Waals surface area (Å²) in [6.07, 6.45) is 2.22. The smallest absolute Gasteiger partial charge is 0.191 e. The number of hydrogen-bond acceptors (Lipinski definition) is 3. The summed E-state index contributed by atoms with van der Waals surface area (Å²) >= 11 is 0. The minimum Gasteiger partial charge on any atom is -0.357 e. The van der Waals surface area contributed by atoms with Crippen LogP contribution in [0.4, 0.5) is 4.39 Å². The van der Waals surface area contributed by atoms with Crippen molar-refractivity contribution in [2.24, 2.45) is 4.99 Å². The van der Waals surface area contributed by atoms with E-state index in [1.807, 2.05) is 37.3 Å². The van der Waals surface area contributed by atoms with E-state index in [1.54, 1.807) is 12.1 Å². The van der Waals surface area contributed by atoms with Crippen molar-refractivity contribution in [2.75, 3.05) is 13.1 Å². The molecule has 0 aliphatic rings. The van der Waals surface area contributed by atoms with Crippen LogP contribution in [0, 0.1) is 5.82 Å². The molecule has 0 bridgehead atoms. The normalized spacial score (nSPS) is 11.0. The molecule has 3 aromatic rings. The van der Waals surface area contributed by atoms with E-state index in [0.717, 1.165) is 41.4 Å². The third-order valence-corrected chi connectivity index (χ3v) is 3.97. The third-order valence-electron chi connectivity index (χ3n) is 3.97. The maximum absolute atomic E-state index is 13.2. The molecule has 0 radical (unpaired) electrons. The summed E-state index contributed by atoms with van der Waals surface area (Å²) in [7, 11) is 0. The molecule has 28 heavy (non-hydrogen) atoms. The number of nitrogens with one attached hydrogen (secondary N) is 3. The summed E-state index contributed by atoms with van der Waals surface area (Å²) in [6.45, 7) is 4.00. The molecule has 0 aliphatic carbocycles. The second-order valence-electron chi connectivity index (χ2n) is 6.04. The van der Waals surface area contributed by atoms with Crippen LogP contribution in [0.2, 0.25) is 0 Å². The predicted octanol–water partition coefficient (Wildman–Crippen LogP) is 3.53. The third kappa shape index (κ3) is 6.59. The molecule has 0 spiro atoms. The summed E-state index contributed by atoms with van der Waals surface area (Å²) in [5.41, 5.74) is 3.01. The largest absolute Gasteiger partial charge is 0.357 e. The van der Waals surface area contributed by atoms with Crippen molar-refractivity contribution < 1.29 is 4.39 Å². The molecule has 0 saturated carbocycles. The van der Waals surface area contributed by atoms with Gasteiger partial charge in [-0.2, -0.15) is 5.10 Å². The summed E-state index contributed by atoms with van der Waals surface area (Å²) < 4.78 is 13.2. The van der Waals surface area contributed by atoms with Gasteiger partial charge in [-0.05, 0) is 42.7 Å². The molecule has 2 aromatic carbocycles. The summed E-state index contributed by atoms with van der Waals surface area (Å²) in [5.74, 6) is 1.26. The van der Waals surface area contributed by atoms with E-state index >= 15 is 0 Å². The van der Waals surface area contributed by atoms with E-state index in [0.29, 0.717) is 13.1 Å². The van der Waals surface area contributed by atoms with Gasteiger partial charge in [-0.15, -0.1) is 24.0 Å². The number of nitrogens with zero attached hydrogens (tertiary/aromatic N) is 3.